The van der Waals surface area contributed by atoms with Gasteiger partial charge in [-0.2, -0.15) is 0 Å². The molecule has 2 heterocycles. The summed E-state index contributed by atoms with van der Waals surface area (Å²) < 4.78 is 0. The molecule has 0 amide bonds. The van der Waals surface area contributed by atoms with Crippen LogP contribution in [-0.4, -0.2) is 15.0 Å². The van der Waals surface area contributed by atoms with Crippen LogP contribution in [0.15, 0.2) is 188 Å². The van der Waals surface area contributed by atoms with Gasteiger partial charge in [0.25, 0.3) is 0 Å². The molecule has 2 aromatic heterocycles. The summed E-state index contributed by atoms with van der Waals surface area (Å²) in [7, 11) is 0. The van der Waals surface area contributed by atoms with Crippen LogP contribution in [0.2, 0.25) is 0 Å². The fourth-order valence-corrected chi connectivity index (χ4v) is 7.57. The average Bonchev–Trinajstić information content (AvgIpc) is 3.23. The highest BCUT2D eigenvalue weighted by Crippen LogP contribution is 2.42. The summed E-state index contributed by atoms with van der Waals surface area (Å²) in [6, 6.07) is 64.4. The van der Waals surface area contributed by atoms with Crippen LogP contribution in [0.5, 0.6) is 0 Å². The van der Waals surface area contributed by atoms with E-state index < -0.39 is 0 Å². The molecule has 0 aliphatic heterocycles. The topological polar surface area (TPSA) is 38.7 Å². The Morgan fingerprint density at radius 2 is 0.808 bits per heavy atom. The SMILES string of the molecule is c1ccc(-c2cc(-c3ccc(-c4ccccn4)cc3)nc(-c3cccc(-c4ccc5ccc6c(-c7ccccc7)ccc7ccc4c5c76)c3)n2)cc1. The van der Waals surface area contributed by atoms with Crippen molar-refractivity contribution in [1.82, 2.24) is 15.0 Å². The Kier molecular flexibility index (Phi) is 7.14. The summed E-state index contributed by atoms with van der Waals surface area (Å²) in [4.78, 5) is 14.8. The Labute approximate surface area is 301 Å². The Morgan fingerprint density at radius 3 is 1.42 bits per heavy atom. The van der Waals surface area contributed by atoms with Gasteiger partial charge in [-0.1, -0.05) is 158 Å². The molecule has 10 aromatic rings. The van der Waals surface area contributed by atoms with Gasteiger partial charge < -0.3 is 0 Å². The molecule has 3 heteroatoms. The summed E-state index contributed by atoms with van der Waals surface area (Å²) >= 11 is 0. The standard InChI is InChI=1S/C49H31N3/c1-3-10-32(11-4-1)40-25-21-36-24-28-43-41(26-22-37-23-27-42(40)47(36)48(37)43)38-14-9-15-39(30-38)49-51-45(33-12-5-2-6-13-33)31-46(52-49)35-19-17-34(18-20-35)44-16-7-8-29-50-44/h1-31H. The van der Waals surface area contributed by atoms with Crippen LogP contribution in [0.3, 0.4) is 0 Å². The quantitative estimate of drug-likeness (QED) is 0.166. The van der Waals surface area contributed by atoms with Crippen molar-refractivity contribution in [2.75, 3.05) is 0 Å². The number of aromatic nitrogens is 3. The maximum Gasteiger partial charge on any atom is 0.160 e. The molecule has 52 heavy (non-hydrogen) atoms. The molecule has 3 nitrogen and oxygen atoms in total. The number of pyridine rings is 1. The lowest BCUT2D eigenvalue weighted by Gasteiger charge is -2.17. The van der Waals surface area contributed by atoms with Gasteiger partial charge in [-0.15, -0.1) is 0 Å². The van der Waals surface area contributed by atoms with Crippen molar-refractivity contribution in [3.05, 3.63) is 188 Å². The molecule has 10 rings (SSSR count). The monoisotopic (exact) mass is 661 g/mol. The van der Waals surface area contributed by atoms with Gasteiger partial charge in [-0.25, -0.2) is 9.97 Å². The Hall–Kier alpha value is -6.97. The predicted molar refractivity (Wildman–Crippen MR) is 216 cm³/mol. The van der Waals surface area contributed by atoms with Gasteiger partial charge in [0.2, 0.25) is 0 Å². The van der Waals surface area contributed by atoms with Crippen molar-refractivity contribution >= 4 is 32.3 Å². The van der Waals surface area contributed by atoms with Gasteiger partial charge in [0, 0.05) is 28.5 Å². The molecule has 0 radical (unpaired) electrons. The minimum absolute atomic E-state index is 0.692. The predicted octanol–water partition coefficient (Wildman–Crippen LogP) is 12.8. The second-order valence-electron chi connectivity index (χ2n) is 13.2. The molecule has 0 saturated carbocycles. The first-order valence-electron chi connectivity index (χ1n) is 17.6. The van der Waals surface area contributed by atoms with Crippen molar-refractivity contribution < 1.29 is 0 Å². The van der Waals surface area contributed by atoms with Crippen LogP contribution in [-0.2, 0) is 0 Å². The highest BCUT2D eigenvalue weighted by molar-refractivity contribution is 6.27. The molecule has 0 bridgehead atoms. The van der Waals surface area contributed by atoms with E-state index in [-0.39, 0.29) is 0 Å². The summed E-state index contributed by atoms with van der Waals surface area (Å²) in [6.45, 7) is 0. The zero-order valence-corrected chi connectivity index (χ0v) is 28.2. The lowest BCUT2D eigenvalue weighted by Crippen LogP contribution is -1.96. The fraction of sp³-hybridized carbons (Fsp3) is 0. The molecule has 0 spiro atoms. The van der Waals surface area contributed by atoms with E-state index in [0.29, 0.717) is 5.82 Å². The zero-order chi connectivity index (χ0) is 34.4. The van der Waals surface area contributed by atoms with E-state index in [1.165, 1.54) is 49.0 Å². The van der Waals surface area contributed by atoms with E-state index in [9.17, 15) is 0 Å². The van der Waals surface area contributed by atoms with E-state index in [4.69, 9.17) is 9.97 Å². The molecule has 0 unspecified atom stereocenters. The molecule has 0 N–H and O–H groups in total. The molecule has 0 fully saturated rings. The van der Waals surface area contributed by atoms with Crippen LogP contribution in [0, 0.1) is 0 Å². The van der Waals surface area contributed by atoms with E-state index in [2.05, 4.69) is 163 Å². The molecule has 8 aromatic carbocycles. The number of nitrogens with zero attached hydrogens (tertiary/aromatic N) is 3. The highest BCUT2D eigenvalue weighted by atomic mass is 14.9. The van der Waals surface area contributed by atoms with Crippen molar-refractivity contribution in [2.45, 2.75) is 0 Å². The van der Waals surface area contributed by atoms with Crippen molar-refractivity contribution in [3.63, 3.8) is 0 Å². The normalized spacial score (nSPS) is 11.5. The summed E-state index contributed by atoms with van der Waals surface area (Å²) in [5, 5.41) is 7.63. The largest absolute Gasteiger partial charge is 0.256 e. The second kappa shape index (κ2) is 12.4. The van der Waals surface area contributed by atoms with E-state index in [1.807, 2.05) is 30.5 Å². The molecule has 0 aliphatic rings. The van der Waals surface area contributed by atoms with Crippen molar-refractivity contribution in [2.24, 2.45) is 0 Å². The van der Waals surface area contributed by atoms with Crippen molar-refractivity contribution in [3.8, 4) is 67.4 Å². The second-order valence-corrected chi connectivity index (χ2v) is 13.2. The first-order valence-corrected chi connectivity index (χ1v) is 17.6. The average molecular weight is 662 g/mol. The van der Waals surface area contributed by atoms with Gasteiger partial charge in [0.15, 0.2) is 5.82 Å². The van der Waals surface area contributed by atoms with E-state index in [1.54, 1.807) is 0 Å². The van der Waals surface area contributed by atoms with Crippen LogP contribution in [0.1, 0.15) is 0 Å². The fourth-order valence-electron chi connectivity index (χ4n) is 7.57. The number of benzene rings is 8. The van der Waals surface area contributed by atoms with Gasteiger partial charge >= 0.3 is 0 Å². The third-order valence-electron chi connectivity index (χ3n) is 10.1. The van der Waals surface area contributed by atoms with E-state index in [0.717, 1.165) is 44.9 Å². The maximum atomic E-state index is 5.18. The van der Waals surface area contributed by atoms with Gasteiger partial charge in [0.05, 0.1) is 17.1 Å². The van der Waals surface area contributed by atoms with Gasteiger partial charge in [-0.05, 0) is 78.8 Å². The van der Waals surface area contributed by atoms with Crippen LogP contribution >= 0.6 is 0 Å². The van der Waals surface area contributed by atoms with Gasteiger partial charge in [-0.3, -0.25) is 4.98 Å². The minimum Gasteiger partial charge on any atom is -0.256 e. The Balaban J connectivity index is 1.11. The molecule has 0 saturated heterocycles. The summed E-state index contributed by atoms with van der Waals surface area (Å²) in [5.41, 5.74) is 11.6. The molecule has 0 aliphatic carbocycles. The zero-order valence-electron chi connectivity index (χ0n) is 28.2. The third-order valence-corrected chi connectivity index (χ3v) is 10.1. The number of hydrogen-bond donors (Lipinski definition) is 0. The Bertz CT molecular complexity index is 2870. The van der Waals surface area contributed by atoms with Crippen LogP contribution in [0.4, 0.5) is 0 Å². The molecular formula is C49H31N3. The lowest BCUT2D eigenvalue weighted by molar-refractivity contribution is 1.18. The van der Waals surface area contributed by atoms with Crippen LogP contribution in [0.25, 0.3) is 99.7 Å². The highest BCUT2D eigenvalue weighted by Gasteiger charge is 2.16. The third kappa shape index (κ3) is 5.19. The number of hydrogen-bond acceptors (Lipinski definition) is 3. The number of rotatable bonds is 6. The molecule has 242 valence electrons. The maximum absolute atomic E-state index is 5.18. The van der Waals surface area contributed by atoms with Crippen molar-refractivity contribution in [1.29, 1.82) is 0 Å². The molecule has 0 atom stereocenters. The van der Waals surface area contributed by atoms with Crippen LogP contribution < -0.4 is 0 Å². The summed E-state index contributed by atoms with van der Waals surface area (Å²) in [5.74, 6) is 0.692. The Morgan fingerprint density at radius 1 is 0.308 bits per heavy atom. The lowest BCUT2D eigenvalue weighted by atomic mass is 9.87. The minimum atomic E-state index is 0.692. The first kappa shape index (κ1) is 29.9. The van der Waals surface area contributed by atoms with E-state index >= 15 is 0 Å². The first-order chi connectivity index (χ1) is 25.8. The van der Waals surface area contributed by atoms with Gasteiger partial charge in [0.1, 0.15) is 0 Å². The summed E-state index contributed by atoms with van der Waals surface area (Å²) in [6.07, 6.45) is 1.82. The smallest absolute Gasteiger partial charge is 0.160 e. The molecular weight excluding hydrogens is 631 g/mol.